The lowest BCUT2D eigenvalue weighted by atomic mass is 9.92. The summed E-state index contributed by atoms with van der Waals surface area (Å²) in [5, 5.41) is 1.82. The largest absolute Gasteiger partial charge is 0.490 e. The number of rotatable bonds is 6. The standard InChI is InChI=1S/C26H30N2O4S/c1-18(2)13-14-28-23-16-21(10-12-24(23)32-17-26(3,4)25(28)29)27-33(30,31)22-11-9-19-7-5-6-8-20(19)15-22/h5-12,15-16,18,27H,13-14,17H2,1-4H3. The van der Waals surface area contributed by atoms with Crippen LogP contribution in [0.4, 0.5) is 11.4 Å². The van der Waals surface area contributed by atoms with Crippen LogP contribution >= 0.6 is 0 Å². The first kappa shape index (κ1) is 23.1. The summed E-state index contributed by atoms with van der Waals surface area (Å²) in [5.74, 6) is 0.964. The lowest BCUT2D eigenvalue weighted by Gasteiger charge is -2.28. The maximum Gasteiger partial charge on any atom is 0.261 e. The van der Waals surface area contributed by atoms with Crippen LogP contribution in [0.5, 0.6) is 5.75 Å². The minimum atomic E-state index is -3.81. The first-order valence-electron chi connectivity index (χ1n) is 11.2. The predicted octanol–water partition coefficient (Wildman–Crippen LogP) is 5.44. The van der Waals surface area contributed by atoms with Crippen LogP contribution in [-0.2, 0) is 14.8 Å². The maximum absolute atomic E-state index is 13.3. The molecule has 174 valence electrons. The summed E-state index contributed by atoms with van der Waals surface area (Å²) in [6, 6.07) is 17.7. The summed E-state index contributed by atoms with van der Waals surface area (Å²) in [6.45, 7) is 8.76. The molecule has 0 saturated heterocycles. The van der Waals surface area contributed by atoms with Gasteiger partial charge in [0.15, 0.2) is 0 Å². The predicted molar refractivity (Wildman–Crippen MR) is 132 cm³/mol. The third-order valence-electron chi connectivity index (χ3n) is 5.88. The summed E-state index contributed by atoms with van der Waals surface area (Å²) in [6.07, 6.45) is 0.828. The van der Waals surface area contributed by atoms with Gasteiger partial charge in [-0.2, -0.15) is 0 Å². The highest BCUT2D eigenvalue weighted by molar-refractivity contribution is 7.92. The lowest BCUT2D eigenvalue weighted by molar-refractivity contribution is -0.127. The quantitative estimate of drug-likeness (QED) is 0.525. The van der Waals surface area contributed by atoms with E-state index in [4.69, 9.17) is 4.74 Å². The molecule has 4 rings (SSSR count). The minimum absolute atomic E-state index is 0.0311. The summed E-state index contributed by atoms with van der Waals surface area (Å²) in [7, 11) is -3.81. The van der Waals surface area contributed by atoms with Crippen molar-refractivity contribution in [1.82, 2.24) is 0 Å². The van der Waals surface area contributed by atoms with Gasteiger partial charge in [-0.1, -0.05) is 44.2 Å². The smallest absolute Gasteiger partial charge is 0.261 e. The Balaban J connectivity index is 1.68. The van der Waals surface area contributed by atoms with Crippen molar-refractivity contribution in [3.63, 3.8) is 0 Å². The molecule has 0 unspecified atom stereocenters. The monoisotopic (exact) mass is 466 g/mol. The van der Waals surface area contributed by atoms with Gasteiger partial charge in [0, 0.05) is 6.54 Å². The number of benzene rings is 3. The van der Waals surface area contributed by atoms with E-state index in [-0.39, 0.29) is 17.4 Å². The molecule has 0 saturated carbocycles. The molecule has 3 aromatic carbocycles. The van der Waals surface area contributed by atoms with Gasteiger partial charge in [-0.05, 0) is 67.3 Å². The zero-order chi connectivity index (χ0) is 23.8. The molecule has 0 radical (unpaired) electrons. The molecule has 1 aliphatic heterocycles. The Hall–Kier alpha value is -3.06. The van der Waals surface area contributed by atoms with E-state index in [1.54, 1.807) is 41.3 Å². The molecule has 1 N–H and O–H groups in total. The topological polar surface area (TPSA) is 75.7 Å². The number of hydrogen-bond acceptors (Lipinski definition) is 4. The fourth-order valence-electron chi connectivity index (χ4n) is 3.87. The summed E-state index contributed by atoms with van der Waals surface area (Å²) in [5.41, 5.74) is 0.290. The number of hydrogen-bond donors (Lipinski definition) is 1. The molecule has 7 heteroatoms. The molecular formula is C26H30N2O4S. The van der Waals surface area contributed by atoms with Crippen LogP contribution < -0.4 is 14.4 Å². The number of ether oxygens (including phenoxy) is 1. The average molecular weight is 467 g/mol. The first-order valence-corrected chi connectivity index (χ1v) is 12.7. The van der Waals surface area contributed by atoms with Crippen LogP contribution in [0.2, 0.25) is 0 Å². The Morgan fingerprint density at radius 1 is 1.03 bits per heavy atom. The number of carbonyl (C=O) groups is 1. The number of nitrogens with one attached hydrogen (secondary N) is 1. The molecule has 0 aromatic heterocycles. The Labute approximate surface area is 195 Å². The van der Waals surface area contributed by atoms with Gasteiger partial charge in [0.1, 0.15) is 12.4 Å². The molecule has 33 heavy (non-hydrogen) atoms. The average Bonchev–Trinajstić information content (AvgIpc) is 2.86. The Bertz CT molecular complexity index is 1300. The van der Waals surface area contributed by atoms with Crippen molar-refractivity contribution in [3.05, 3.63) is 60.7 Å². The van der Waals surface area contributed by atoms with Crippen molar-refractivity contribution in [2.75, 3.05) is 22.8 Å². The van der Waals surface area contributed by atoms with Gasteiger partial charge in [-0.3, -0.25) is 9.52 Å². The van der Waals surface area contributed by atoms with Crippen LogP contribution in [0.1, 0.15) is 34.1 Å². The van der Waals surface area contributed by atoms with Gasteiger partial charge < -0.3 is 9.64 Å². The van der Waals surface area contributed by atoms with Crippen molar-refractivity contribution in [3.8, 4) is 5.75 Å². The number of carbonyl (C=O) groups excluding carboxylic acids is 1. The Morgan fingerprint density at radius 3 is 2.48 bits per heavy atom. The van der Waals surface area contributed by atoms with E-state index < -0.39 is 15.4 Å². The molecule has 0 atom stereocenters. The van der Waals surface area contributed by atoms with Crippen molar-refractivity contribution < 1.29 is 17.9 Å². The van der Waals surface area contributed by atoms with Gasteiger partial charge in [0.25, 0.3) is 10.0 Å². The van der Waals surface area contributed by atoms with E-state index in [1.165, 1.54) is 0 Å². The van der Waals surface area contributed by atoms with Crippen LogP contribution in [0.25, 0.3) is 10.8 Å². The molecule has 0 aliphatic carbocycles. The summed E-state index contributed by atoms with van der Waals surface area (Å²) in [4.78, 5) is 15.2. The van der Waals surface area contributed by atoms with E-state index in [0.717, 1.165) is 17.2 Å². The highest BCUT2D eigenvalue weighted by Gasteiger charge is 2.37. The zero-order valence-corrected chi connectivity index (χ0v) is 20.3. The van der Waals surface area contributed by atoms with Gasteiger partial charge >= 0.3 is 0 Å². The van der Waals surface area contributed by atoms with E-state index in [9.17, 15) is 13.2 Å². The van der Waals surface area contributed by atoms with Crippen molar-refractivity contribution in [2.24, 2.45) is 11.3 Å². The third kappa shape index (κ3) is 4.83. The molecule has 1 aliphatic rings. The molecule has 1 heterocycles. The molecule has 0 bridgehead atoms. The van der Waals surface area contributed by atoms with Crippen LogP contribution in [-0.4, -0.2) is 27.5 Å². The highest BCUT2D eigenvalue weighted by atomic mass is 32.2. The summed E-state index contributed by atoms with van der Waals surface area (Å²) >= 11 is 0. The van der Waals surface area contributed by atoms with Crippen molar-refractivity contribution in [2.45, 2.75) is 39.0 Å². The Morgan fingerprint density at radius 2 is 1.76 bits per heavy atom. The summed E-state index contributed by atoms with van der Waals surface area (Å²) < 4.78 is 34.9. The van der Waals surface area contributed by atoms with Crippen LogP contribution in [0, 0.1) is 11.3 Å². The van der Waals surface area contributed by atoms with Gasteiger partial charge in [0.2, 0.25) is 5.91 Å². The zero-order valence-electron chi connectivity index (χ0n) is 19.5. The molecule has 0 spiro atoms. The van der Waals surface area contributed by atoms with Gasteiger partial charge in [-0.25, -0.2) is 8.42 Å². The minimum Gasteiger partial charge on any atom is -0.490 e. The van der Waals surface area contributed by atoms with Gasteiger partial charge in [0.05, 0.1) is 21.7 Å². The molecular weight excluding hydrogens is 436 g/mol. The van der Waals surface area contributed by atoms with Crippen molar-refractivity contribution >= 4 is 38.1 Å². The molecule has 6 nitrogen and oxygen atoms in total. The van der Waals surface area contributed by atoms with E-state index in [1.807, 2.05) is 38.1 Å². The molecule has 0 fully saturated rings. The lowest BCUT2D eigenvalue weighted by Crippen LogP contribution is -2.42. The number of nitrogens with zero attached hydrogens (tertiary/aromatic N) is 1. The first-order chi connectivity index (χ1) is 15.6. The molecule has 3 aromatic rings. The fourth-order valence-corrected chi connectivity index (χ4v) is 4.95. The maximum atomic E-state index is 13.3. The third-order valence-corrected chi connectivity index (χ3v) is 7.25. The van der Waals surface area contributed by atoms with Crippen molar-refractivity contribution in [1.29, 1.82) is 0 Å². The number of sulfonamides is 1. The number of anilines is 2. The molecule has 1 amide bonds. The van der Waals surface area contributed by atoms with E-state index in [2.05, 4.69) is 18.6 Å². The normalized spacial score (nSPS) is 15.8. The second-order valence-corrected chi connectivity index (χ2v) is 11.3. The highest BCUT2D eigenvalue weighted by Crippen LogP contribution is 2.39. The fraction of sp³-hybridized carbons (Fsp3) is 0.346. The number of amides is 1. The van der Waals surface area contributed by atoms with Crippen LogP contribution in [0.3, 0.4) is 0 Å². The van der Waals surface area contributed by atoms with Gasteiger partial charge in [-0.15, -0.1) is 0 Å². The van der Waals surface area contributed by atoms with Crippen LogP contribution in [0.15, 0.2) is 65.6 Å². The second-order valence-electron chi connectivity index (χ2n) is 9.61. The van der Waals surface area contributed by atoms with E-state index in [0.29, 0.717) is 29.6 Å². The SMILES string of the molecule is CC(C)CCN1C(=O)C(C)(C)COc2ccc(NS(=O)(=O)c3ccc4ccccc4c3)cc21. The second kappa shape index (κ2) is 8.71. The Kier molecular flexibility index (Phi) is 6.10. The number of fused-ring (bicyclic) bond motifs is 2. The van der Waals surface area contributed by atoms with E-state index >= 15 is 0 Å².